The van der Waals surface area contributed by atoms with E-state index >= 15 is 0 Å². The van der Waals surface area contributed by atoms with Crippen molar-refractivity contribution in [3.05, 3.63) is 65.2 Å². The highest BCUT2D eigenvalue weighted by atomic mass is 19.2. The molecule has 5 heteroatoms. The molecule has 0 radical (unpaired) electrons. The number of carbonyl (C=O) groups excluding carboxylic acids is 1. The molecule has 24 heavy (non-hydrogen) atoms. The lowest BCUT2D eigenvalue weighted by Crippen LogP contribution is -2.41. The Labute approximate surface area is 139 Å². The average Bonchev–Trinajstić information content (AvgIpc) is 2.58. The standard InChI is InChI=1S/C19H19F2NO2/c1-13-3-2-4-14(11-13)19(23)22-9-7-15(8-10-22)24-16-5-6-17(20)18(21)12-16/h2-6,11-12,15H,7-10H2,1H3. The molecule has 0 N–H and O–H groups in total. The molecule has 0 unspecified atom stereocenters. The van der Waals surface area contributed by atoms with Crippen LogP contribution in [0.2, 0.25) is 0 Å². The molecule has 1 aliphatic rings. The van der Waals surface area contributed by atoms with Gasteiger partial charge in [-0.2, -0.15) is 0 Å². The van der Waals surface area contributed by atoms with E-state index in [2.05, 4.69) is 0 Å². The maximum absolute atomic E-state index is 13.2. The van der Waals surface area contributed by atoms with Crippen LogP contribution < -0.4 is 4.74 Å². The van der Waals surface area contributed by atoms with Crippen molar-refractivity contribution in [2.24, 2.45) is 0 Å². The fraction of sp³-hybridized carbons (Fsp3) is 0.316. The molecule has 126 valence electrons. The number of hydrogen-bond donors (Lipinski definition) is 0. The highest BCUT2D eigenvalue weighted by molar-refractivity contribution is 5.94. The van der Waals surface area contributed by atoms with Gasteiger partial charge in [-0.25, -0.2) is 8.78 Å². The van der Waals surface area contributed by atoms with Gasteiger partial charge in [0.1, 0.15) is 11.9 Å². The topological polar surface area (TPSA) is 29.5 Å². The van der Waals surface area contributed by atoms with Crippen LogP contribution in [0.15, 0.2) is 42.5 Å². The van der Waals surface area contributed by atoms with Crippen LogP contribution in [0.1, 0.15) is 28.8 Å². The van der Waals surface area contributed by atoms with E-state index in [4.69, 9.17) is 4.74 Å². The van der Waals surface area contributed by atoms with E-state index in [1.54, 1.807) is 4.90 Å². The Morgan fingerprint density at radius 2 is 1.83 bits per heavy atom. The number of carbonyl (C=O) groups is 1. The summed E-state index contributed by atoms with van der Waals surface area (Å²) in [6.45, 7) is 3.13. The quantitative estimate of drug-likeness (QED) is 0.852. The van der Waals surface area contributed by atoms with Gasteiger partial charge in [-0.1, -0.05) is 17.7 Å². The lowest BCUT2D eigenvalue weighted by Gasteiger charge is -2.32. The second kappa shape index (κ2) is 6.99. The second-order valence-corrected chi connectivity index (χ2v) is 6.05. The van der Waals surface area contributed by atoms with E-state index in [0.29, 0.717) is 37.2 Å². The van der Waals surface area contributed by atoms with Crippen molar-refractivity contribution in [2.45, 2.75) is 25.9 Å². The molecule has 2 aromatic carbocycles. The summed E-state index contributed by atoms with van der Waals surface area (Å²) in [5.74, 6) is -1.47. The van der Waals surface area contributed by atoms with Crippen molar-refractivity contribution in [3.8, 4) is 5.75 Å². The third kappa shape index (κ3) is 3.72. The minimum absolute atomic E-state index is 0.0185. The van der Waals surface area contributed by atoms with Crippen LogP contribution in [-0.2, 0) is 0 Å². The van der Waals surface area contributed by atoms with Gasteiger partial charge in [0, 0.05) is 37.6 Å². The molecule has 3 rings (SSSR count). The van der Waals surface area contributed by atoms with Gasteiger partial charge in [-0.05, 0) is 31.2 Å². The maximum atomic E-state index is 13.2. The lowest BCUT2D eigenvalue weighted by atomic mass is 10.1. The molecule has 3 nitrogen and oxygen atoms in total. The van der Waals surface area contributed by atoms with Crippen molar-refractivity contribution in [2.75, 3.05) is 13.1 Å². The number of halogens is 2. The van der Waals surface area contributed by atoms with E-state index in [1.807, 2.05) is 31.2 Å². The van der Waals surface area contributed by atoms with E-state index in [1.165, 1.54) is 6.07 Å². The molecule has 1 amide bonds. The van der Waals surface area contributed by atoms with Gasteiger partial charge in [0.05, 0.1) is 0 Å². The molecule has 0 spiro atoms. The Balaban J connectivity index is 1.57. The summed E-state index contributed by atoms with van der Waals surface area (Å²) in [5, 5.41) is 0. The Bertz CT molecular complexity index is 740. The summed E-state index contributed by atoms with van der Waals surface area (Å²) < 4.78 is 31.8. The van der Waals surface area contributed by atoms with Crippen LogP contribution in [0.3, 0.4) is 0 Å². The maximum Gasteiger partial charge on any atom is 0.253 e. The van der Waals surface area contributed by atoms with Crippen molar-refractivity contribution in [3.63, 3.8) is 0 Å². The number of piperidine rings is 1. The van der Waals surface area contributed by atoms with Crippen molar-refractivity contribution in [1.29, 1.82) is 0 Å². The van der Waals surface area contributed by atoms with E-state index in [-0.39, 0.29) is 12.0 Å². The first kappa shape index (κ1) is 16.4. The second-order valence-electron chi connectivity index (χ2n) is 6.05. The summed E-state index contributed by atoms with van der Waals surface area (Å²) in [4.78, 5) is 14.3. The number of amides is 1. The highest BCUT2D eigenvalue weighted by Gasteiger charge is 2.25. The minimum atomic E-state index is -0.917. The molecular weight excluding hydrogens is 312 g/mol. The van der Waals surface area contributed by atoms with Gasteiger partial charge < -0.3 is 9.64 Å². The predicted molar refractivity (Wildman–Crippen MR) is 87.1 cm³/mol. The van der Waals surface area contributed by atoms with Crippen molar-refractivity contribution in [1.82, 2.24) is 4.90 Å². The number of benzene rings is 2. The summed E-state index contributed by atoms with van der Waals surface area (Å²) in [7, 11) is 0. The van der Waals surface area contributed by atoms with E-state index in [9.17, 15) is 13.6 Å². The van der Waals surface area contributed by atoms with Gasteiger partial charge in [0.15, 0.2) is 11.6 Å². The fourth-order valence-corrected chi connectivity index (χ4v) is 2.88. The molecular formula is C19H19F2NO2. The molecule has 0 saturated carbocycles. The summed E-state index contributed by atoms with van der Waals surface area (Å²) in [6.07, 6.45) is 1.23. The molecule has 1 saturated heterocycles. The Morgan fingerprint density at radius 3 is 2.50 bits per heavy atom. The summed E-state index contributed by atoms with van der Waals surface area (Å²) in [6, 6.07) is 11.1. The predicted octanol–water partition coefficient (Wildman–Crippen LogP) is 3.96. The first-order chi connectivity index (χ1) is 11.5. The van der Waals surface area contributed by atoms with Crippen molar-refractivity contribution < 1.29 is 18.3 Å². The van der Waals surface area contributed by atoms with Crippen LogP contribution in [0.25, 0.3) is 0 Å². The first-order valence-corrected chi connectivity index (χ1v) is 8.00. The monoisotopic (exact) mass is 331 g/mol. The molecule has 0 aliphatic carbocycles. The number of rotatable bonds is 3. The van der Waals surface area contributed by atoms with Crippen LogP contribution in [0.5, 0.6) is 5.75 Å². The molecule has 2 aromatic rings. The van der Waals surface area contributed by atoms with Crippen LogP contribution >= 0.6 is 0 Å². The molecule has 0 atom stereocenters. The zero-order valence-corrected chi connectivity index (χ0v) is 13.5. The largest absolute Gasteiger partial charge is 0.490 e. The molecule has 1 fully saturated rings. The third-order valence-corrected chi connectivity index (χ3v) is 4.19. The summed E-state index contributed by atoms with van der Waals surface area (Å²) >= 11 is 0. The zero-order chi connectivity index (χ0) is 17.1. The fourth-order valence-electron chi connectivity index (χ4n) is 2.88. The lowest BCUT2D eigenvalue weighted by molar-refractivity contribution is 0.0595. The Hall–Kier alpha value is -2.43. The smallest absolute Gasteiger partial charge is 0.253 e. The number of likely N-dealkylation sites (tertiary alicyclic amines) is 1. The van der Waals surface area contributed by atoms with Gasteiger partial charge in [-0.15, -0.1) is 0 Å². The van der Waals surface area contributed by atoms with Crippen LogP contribution in [0, 0.1) is 18.6 Å². The van der Waals surface area contributed by atoms with E-state index < -0.39 is 11.6 Å². The molecule has 0 bridgehead atoms. The summed E-state index contributed by atoms with van der Waals surface area (Å²) in [5.41, 5.74) is 1.74. The van der Waals surface area contributed by atoms with Crippen LogP contribution in [-0.4, -0.2) is 30.0 Å². The Kier molecular flexibility index (Phi) is 4.79. The zero-order valence-electron chi connectivity index (χ0n) is 13.5. The molecule has 1 heterocycles. The van der Waals surface area contributed by atoms with Gasteiger partial charge in [-0.3, -0.25) is 4.79 Å². The molecule has 1 aliphatic heterocycles. The highest BCUT2D eigenvalue weighted by Crippen LogP contribution is 2.22. The van der Waals surface area contributed by atoms with Gasteiger partial charge >= 0.3 is 0 Å². The third-order valence-electron chi connectivity index (χ3n) is 4.19. The van der Waals surface area contributed by atoms with Crippen LogP contribution in [0.4, 0.5) is 8.78 Å². The van der Waals surface area contributed by atoms with E-state index in [0.717, 1.165) is 17.7 Å². The van der Waals surface area contributed by atoms with Crippen molar-refractivity contribution >= 4 is 5.91 Å². The number of hydrogen-bond acceptors (Lipinski definition) is 2. The van der Waals surface area contributed by atoms with Gasteiger partial charge in [0.2, 0.25) is 0 Å². The minimum Gasteiger partial charge on any atom is -0.490 e. The van der Waals surface area contributed by atoms with Gasteiger partial charge in [0.25, 0.3) is 5.91 Å². The SMILES string of the molecule is Cc1cccc(C(=O)N2CCC(Oc3ccc(F)c(F)c3)CC2)c1. The first-order valence-electron chi connectivity index (χ1n) is 8.00. The Morgan fingerprint density at radius 1 is 1.08 bits per heavy atom. The number of aryl methyl sites for hydroxylation is 1. The average molecular weight is 331 g/mol. The molecule has 0 aromatic heterocycles. The number of nitrogens with zero attached hydrogens (tertiary/aromatic N) is 1. The number of ether oxygens (including phenoxy) is 1. The normalized spacial score (nSPS) is 15.4.